The van der Waals surface area contributed by atoms with Gasteiger partial charge in [-0.25, -0.2) is 0 Å². The number of aromatic hydroxyl groups is 1. The van der Waals surface area contributed by atoms with E-state index in [1.54, 1.807) is 12.1 Å². The van der Waals surface area contributed by atoms with Crippen LogP contribution in [-0.4, -0.2) is 11.7 Å². The van der Waals surface area contributed by atoms with Gasteiger partial charge in [-0.3, -0.25) is 0 Å². The van der Waals surface area contributed by atoms with Crippen LogP contribution in [0.3, 0.4) is 0 Å². The molecular weight excluding hydrogens is 198 g/mol. The summed E-state index contributed by atoms with van der Waals surface area (Å²) in [6.07, 6.45) is 3.79. The molecule has 2 nitrogen and oxygen atoms in total. The van der Waals surface area contributed by atoms with Crippen molar-refractivity contribution in [3.05, 3.63) is 29.8 Å². The van der Waals surface area contributed by atoms with Crippen molar-refractivity contribution in [3.63, 3.8) is 0 Å². The maximum Gasteiger partial charge on any atom is 0.115 e. The normalized spacial score (nSPS) is 19.4. The maximum absolute atomic E-state index is 9.26. The first-order valence-electron chi connectivity index (χ1n) is 6.15. The van der Waals surface area contributed by atoms with E-state index in [9.17, 15) is 5.11 Å². The molecule has 0 spiro atoms. The van der Waals surface area contributed by atoms with Crippen molar-refractivity contribution in [2.45, 2.75) is 39.2 Å². The fourth-order valence-corrected chi connectivity index (χ4v) is 1.96. The van der Waals surface area contributed by atoms with E-state index in [0.717, 1.165) is 13.0 Å². The third kappa shape index (κ3) is 2.76. The molecule has 0 amide bonds. The quantitative estimate of drug-likeness (QED) is 0.797. The minimum atomic E-state index is 0.341. The van der Waals surface area contributed by atoms with E-state index in [4.69, 9.17) is 0 Å². The Morgan fingerprint density at radius 1 is 1.31 bits per heavy atom. The highest BCUT2D eigenvalue weighted by molar-refractivity contribution is 5.28. The molecule has 0 aliphatic heterocycles. The third-order valence-electron chi connectivity index (χ3n) is 3.58. The number of hydrogen-bond acceptors (Lipinski definition) is 2. The molecule has 2 heteroatoms. The Bertz CT molecular complexity index is 340. The van der Waals surface area contributed by atoms with Gasteiger partial charge in [0.05, 0.1) is 0 Å². The van der Waals surface area contributed by atoms with Crippen LogP contribution in [0.15, 0.2) is 24.3 Å². The molecule has 88 valence electrons. The zero-order valence-corrected chi connectivity index (χ0v) is 10.2. The molecule has 0 aromatic heterocycles. The number of benzene rings is 1. The number of phenols is 1. The van der Waals surface area contributed by atoms with Gasteiger partial charge in [0.25, 0.3) is 0 Å². The average Bonchev–Trinajstić information content (AvgIpc) is 3.00. The fourth-order valence-electron chi connectivity index (χ4n) is 1.96. The molecule has 1 unspecified atom stereocenters. The zero-order chi connectivity index (χ0) is 11.6. The molecule has 1 aromatic rings. The van der Waals surface area contributed by atoms with Gasteiger partial charge < -0.3 is 10.4 Å². The van der Waals surface area contributed by atoms with Crippen molar-refractivity contribution >= 4 is 0 Å². The van der Waals surface area contributed by atoms with Gasteiger partial charge in [-0.15, -0.1) is 0 Å². The lowest BCUT2D eigenvalue weighted by Crippen LogP contribution is -2.26. The summed E-state index contributed by atoms with van der Waals surface area (Å²) >= 11 is 0. The van der Waals surface area contributed by atoms with E-state index in [2.05, 4.69) is 19.2 Å². The van der Waals surface area contributed by atoms with Crippen LogP contribution in [-0.2, 0) is 0 Å². The number of rotatable bonds is 5. The molecule has 2 N–H and O–H groups in total. The lowest BCUT2D eigenvalue weighted by atomic mass is 10.0. The van der Waals surface area contributed by atoms with Gasteiger partial charge in [0.2, 0.25) is 0 Å². The second kappa shape index (κ2) is 4.46. The van der Waals surface area contributed by atoms with Crippen molar-refractivity contribution in [1.29, 1.82) is 0 Å². The van der Waals surface area contributed by atoms with Gasteiger partial charge in [-0.2, -0.15) is 0 Å². The van der Waals surface area contributed by atoms with Crippen molar-refractivity contribution in [2.24, 2.45) is 5.41 Å². The second-order valence-corrected chi connectivity index (χ2v) is 5.24. The summed E-state index contributed by atoms with van der Waals surface area (Å²) in [4.78, 5) is 0. The van der Waals surface area contributed by atoms with Gasteiger partial charge in [0.15, 0.2) is 0 Å². The smallest absolute Gasteiger partial charge is 0.115 e. The van der Waals surface area contributed by atoms with E-state index in [1.807, 2.05) is 12.1 Å². The Morgan fingerprint density at radius 2 is 1.94 bits per heavy atom. The van der Waals surface area contributed by atoms with E-state index >= 15 is 0 Å². The molecule has 0 bridgehead atoms. The van der Waals surface area contributed by atoms with Crippen LogP contribution in [0.4, 0.5) is 0 Å². The molecule has 1 aliphatic carbocycles. The molecule has 1 aromatic carbocycles. The molecule has 1 aliphatic rings. The summed E-state index contributed by atoms with van der Waals surface area (Å²) in [6.45, 7) is 5.63. The van der Waals surface area contributed by atoms with Crippen LogP contribution in [0, 0.1) is 5.41 Å². The van der Waals surface area contributed by atoms with Crippen molar-refractivity contribution in [2.75, 3.05) is 6.54 Å². The topological polar surface area (TPSA) is 32.3 Å². The Hall–Kier alpha value is -1.02. The van der Waals surface area contributed by atoms with Crippen LogP contribution in [0.2, 0.25) is 0 Å². The Labute approximate surface area is 97.7 Å². The van der Waals surface area contributed by atoms with Gasteiger partial charge >= 0.3 is 0 Å². The molecule has 16 heavy (non-hydrogen) atoms. The predicted molar refractivity (Wildman–Crippen MR) is 66.5 cm³/mol. The number of hydrogen-bond donors (Lipinski definition) is 2. The van der Waals surface area contributed by atoms with Crippen LogP contribution < -0.4 is 5.32 Å². The third-order valence-corrected chi connectivity index (χ3v) is 3.58. The lowest BCUT2D eigenvalue weighted by molar-refractivity contribution is 0.432. The first kappa shape index (κ1) is 11.5. The Morgan fingerprint density at radius 3 is 2.44 bits per heavy atom. The number of phenolic OH excluding ortho intramolecular Hbond substituents is 1. The van der Waals surface area contributed by atoms with Gasteiger partial charge in [0.1, 0.15) is 5.75 Å². The van der Waals surface area contributed by atoms with Crippen molar-refractivity contribution < 1.29 is 5.11 Å². The average molecular weight is 219 g/mol. The summed E-state index contributed by atoms with van der Waals surface area (Å²) in [5.74, 6) is 0.341. The molecule has 1 atom stereocenters. The first-order valence-corrected chi connectivity index (χ1v) is 6.15. The monoisotopic (exact) mass is 219 g/mol. The summed E-state index contributed by atoms with van der Waals surface area (Å²) < 4.78 is 0. The zero-order valence-electron chi connectivity index (χ0n) is 10.2. The molecule has 0 heterocycles. The molecule has 2 rings (SSSR count). The maximum atomic E-state index is 9.26. The first-order chi connectivity index (χ1) is 7.63. The van der Waals surface area contributed by atoms with E-state index < -0.39 is 0 Å². The van der Waals surface area contributed by atoms with Crippen molar-refractivity contribution in [1.82, 2.24) is 5.32 Å². The highest BCUT2D eigenvalue weighted by atomic mass is 16.3. The van der Waals surface area contributed by atoms with E-state index in [1.165, 1.54) is 18.4 Å². The predicted octanol–water partition coefficient (Wildman–Crippen LogP) is 3.23. The largest absolute Gasteiger partial charge is 0.508 e. The van der Waals surface area contributed by atoms with Crippen LogP contribution in [0.5, 0.6) is 5.75 Å². The molecule has 1 saturated carbocycles. The van der Waals surface area contributed by atoms with Crippen LogP contribution in [0.25, 0.3) is 0 Å². The highest BCUT2D eigenvalue weighted by Crippen LogP contribution is 2.44. The second-order valence-electron chi connectivity index (χ2n) is 5.24. The van der Waals surface area contributed by atoms with Gasteiger partial charge in [-0.05, 0) is 42.4 Å². The fraction of sp³-hybridized carbons (Fsp3) is 0.571. The van der Waals surface area contributed by atoms with E-state index in [0.29, 0.717) is 17.2 Å². The summed E-state index contributed by atoms with van der Waals surface area (Å²) in [7, 11) is 0. The van der Waals surface area contributed by atoms with Crippen molar-refractivity contribution in [3.8, 4) is 5.75 Å². The molecule has 0 saturated heterocycles. The Kier molecular flexibility index (Phi) is 3.20. The minimum absolute atomic E-state index is 0.341. The summed E-state index contributed by atoms with van der Waals surface area (Å²) in [6, 6.07) is 7.95. The van der Waals surface area contributed by atoms with Crippen LogP contribution in [0.1, 0.15) is 44.7 Å². The van der Waals surface area contributed by atoms with Crippen LogP contribution >= 0.6 is 0 Å². The standard InChI is InChI=1S/C14H21NO/c1-3-13(15-10-14(2)8-9-14)11-4-6-12(16)7-5-11/h4-7,13,15-16H,3,8-10H2,1-2H3. The molecular formula is C14H21NO. The van der Waals surface area contributed by atoms with Gasteiger partial charge in [0, 0.05) is 12.6 Å². The Balaban J connectivity index is 1.95. The molecule has 1 fully saturated rings. The molecule has 0 radical (unpaired) electrons. The SMILES string of the molecule is CCC(NCC1(C)CC1)c1ccc(O)cc1. The minimum Gasteiger partial charge on any atom is -0.508 e. The van der Waals surface area contributed by atoms with Gasteiger partial charge in [-0.1, -0.05) is 26.0 Å². The summed E-state index contributed by atoms with van der Waals surface area (Å²) in [5.41, 5.74) is 1.81. The highest BCUT2D eigenvalue weighted by Gasteiger charge is 2.37. The number of nitrogens with one attached hydrogen (secondary N) is 1. The van der Waals surface area contributed by atoms with E-state index in [-0.39, 0.29) is 0 Å². The lowest BCUT2D eigenvalue weighted by Gasteiger charge is -2.20. The summed E-state index contributed by atoms with van der Waals surface area (Å²) in [5, 5.41) is 12.9.